The highest BCUT2D eigenvalue weighted by molar-refractivity contribution is 5.80. The first kappa shape index (κ1) is 17.7. The zero-order valence-corrected chi connectivity index (χ0v) is 15.0. The Bertz CT molecular complexity index is 1070. The smallest absolute Gasteiger partial charge is 0.290 e. The Hall–Kier alpha value is -3.75. The number of nitrogens with zero attached hydrogens (tertiary/aromatic N) is 2. The largest absolute Gasteiger partial charge is 0.463 e. The Labute approximate surface area is 159 Å². The highest BCUT2D eigenvalue weighted by atomic mass is 16.7. The van der Waals surface area contributed by atoms with Crippen LogP contribution in [0, 0.1) is 0 Å². The number of hydrogen-bond acceptors (Lipinski definition) is 7. The van der Waals surface area contributed by atoms with Crippen LogP contribution in [0.1, 0.15) is 18.5 Å². The van der Waals surface area contributed by atoms with Crippen molar-refractivity contribution in [1.29, 1.82) is 0 Å². The minimum absolute atomic E-state index is 0.0168. The van der Waals surface area contributed by atoms with Crippen molar-refractivity contribution in [3.63, 3.8) is 0 Å². The molecule has 3 aromatic rings. The van der Waals surface area contributed by atoms with Crippen LogP contribution >= 0.6 is 0 Å². The van der Waals surface area contributed by atoms with Crippen LogP contribution in [-0.4, -0.2) is 22.5 Å². The summed E-state index contributed by atoms with van der Waals surface area (Å²) in [5.41, 5.74) is 6.47. The Balaban J connectivity index is 1.51. The summed E-state index contributed by atoms with van der Waals surface area (Å²) >= 11 is 0. The molecule has 2 aromatic heterocycles. The van der Waals surface area contributed by atoms with Crippen molar-refractivity contribution in [1.82, 2.24) is 15.1 Å². The van der Waals surface area contributed by atoms with Crippen molar-refractivity contribution < 1.29 is 18.7 Å². The highest BCUT2D eigenvalue weighted by Crippen LogP contribution is 2.32. The third kappa shape index (κ3) is 3.29. The van der Waals surface area contributed by atoms with Crippen LogP contribution < -0.4 is 26.1 Å². The number of amides is 1. The average molecular weight is 382 g/mol. The lowest BCUT2D eigenvalue weighted by Gasteiger charge is -2.15. The van der Waals surface area contributed by atoms with Gasteiger partial charge < -0.3 is 24.9 Å². The number of anilines is 1. The fourth-order valence-corrected chi connectivity index (χ4v) is 2.84. The molecule has 0 radical (unpaired) electrons. The van der Waals surface area contributed by atoms with Gasteiger partial charge in [-0.1, -0.05) is 6.07 Å². The van der Waals surface area contributed by atoms with Crippen molar-refractivity contribution in [2.24, 2.45) is 0 Å². The van der Waals surface area contributed by atoms with Gasteiger partial charge in [0.2, 0.25) is 12.7 Å². The molecule has 0 spiro atoms. The Kier molecular flexibility index (Phi) is 4.48. The van der Waals surface area contributed by atoms with Gasteiger partial charge >= 0.3 is 0 Å². The van der Waals surface area contributed by atoms with E-state index in [0.29, 0.717) is 23.0 Å². The maximum Gasteiger partial charge on any atom is 0.290 e. The van der Waals surface area contributed by atoms with Gasteiger partial charge in [0.05, 0.1) is 6.26 Å². The molecule has 1 amide bonds. The first-order valence-electron chi connectivity index (χ1n) is 8.62. The molecule has 0 aliphatic carbocycles. The van der Waals surface area contributed by atoms with E-state index in [1.165, 1.54) is 12.3 Å². The summed E-state index contributed by atoms with van der Waals surface area (Å²) in [4.78, 5) is 25.0. The highest BCUT2D eigenvalue weighted by Gasteiger charge is 2.21. The van der Waals surface area contributed by atoms with E-state index < -0.39 is 11.6 Å². The minimum atomic E-state index is -0.862. The molecule has 9 heteroatoms. The molecule has 0 bridgehead atoms. The van der Waals surface area contributed by atoms with E-state index in [1.54, 1.807) is 31.2 Å². The molecule has 0 saturated heterocycles. The second-order valence-electron chi connectivity index (χ2n) is 6.29. The summed E-state index contributed by atoms with van der Waals surface area (Å²) in [5, 5.41) is 7.02. The number of hydrogen-bond donors (Lipinski definition) is 2. The number of furan rings is 1. The number of nitrogens with two attached hydrogens (primary N) is 1. The fourth-order valence-electron chi connectivity index (χ4n) is 2.84. The van der Waals surface area contributed by atoms with E-state index in [-0.39, 0.29) is 24.9 Å². The molecule has 1 aliphatic heterocycles. The van der Waals surface area contributed by atoms with Crippen LogP contribution in [-0.2, 0) is 11.3 Å². The summed E-state index contributed by atoms with van der Waals surface area (Å²) in [6.07, 6.45) is 1.49. The van der Waals surface area contributed by atoms with Crippen LogP contribution in [0.25, 0.3) is 11.5 Å². The summed E-state index contributed by atoms with van der Waals surface area (Å²) < 4.78 is 16.9. The first-order valence-corrected chi connectivity index (χ1v) is 8.62. The maximum atomic E-state index is 12.6. The number of benzene rings is 1. The predicted molar refractivity (Wildman–Crippen MR) is 99.7 cm³/mol. The molecule has 144 valence electrons. The van der Waals surface area contributed by atoms with E-state index in [1.807, 2.05) is 6.07 Å². The number of nitrogens with one attached hydrogen (secondary N) is 1. The Morgan fingerprint density at radius 2 is 2.11 bits per heavy atom. The molecule has 28 heavy (non-hydrogen) atoms. The number of rotatable bonds is 5. The van der Waals surface area contributed by atoms with Gasteiger partial charge in [0.25, 0.3) is 5.56 Å². The topological polar surface area (TPSA) is 122 Å². The molecular weight excluding hydrogens is 364 g/mol. The standard InChI is InChI=1S/C19H18N4O5/c1-11(18(24)21-9-12-4-5-16-17(7-12)28-10-27-16)23-19(25)13(20)8-14(22-23)15-3-2-6-26-15/h2-8,11H,9-10,20H2,1H3,(H,21,24). The molecule has 1 aromatic carbocycles. The minimum Gasteiger partial charge on any atom is -0.463 e. The molecule has 1 unspecified atom stereocenters. The van der Waals surface area contributed by atoms with E-state index in [2.05, 4.69) is 10.4 Å². The van der Waals surface area contributed by atoms with Crippen molar-refractivity contribution in [3.05, 3.63) is 58.6 Å². The Morgan fingerprint density at radius 1 is 1.29 bits per heavy atom. The van der Waals surface area contributed by atoms with E-state index in [0.717, 1.165) is 10.2 Å². The van der Waals surface area contributed by atoms with Crippen molar-refractivity contribution in [2.45, 2.75) is 19.5 Å². The van der Waals surface area contributed by atoms with Gasteiger partial charge in [0, 0.05) is 6.54 Å². The lowest BCUT2D eigenvalue weighted by atomic mass is 10.2. The molecule has 3 heterocycles. The zero-order chi connectivity index (χ0) is 19.7. The quantitative estimate of drug-likeness (QED) is 0.688. The lowest BCUT2D eigenvalue weighted by molar-refractivity contribution is -0.124. The SMILES string of the molecule is CC(C(=O)NCc1ccc2c(c1)OCO2)n1nc(-c2ccco2)cc(N)c1=O. The molecule has 3 N–H and O–H groups in total. The molecule has 4 rings (SSSR count). The van der Waals surface area contributed by atoms with E-state index in [4.69, 9.17) is 19.6 Å². The van der Waals surface area contributed by atoms with Gasteiger partial charge in [-0.05, 0) is 42.8 Å². The summed E-state index contributed by atoms with van der Waals surface area (Å²) in [6.45, 7) is 2.03. The molecule has 1 aliphatic rings. The lowest BCUT2D eigenvalue weighted by Crippen LogP contribution is -2.37. The van der Waals surface area contributed by atoms with Crippen LogP contribution in [0.5, 0.6) is 11.5 Å². The number of nitrogen functional groups attached to an aromatic ring is 1. The van der Waals surface area contributed by atoms with Crippen molar-refractivity contribution >= 4 is 11.6 Å². The number of fused-ring (bicyclic) bond motifs is 1. The van der Waals surface area contributed by atoms with Crippen LogP contribution in [0.15, 0.2) is 51.9 Å². The van der Waals surface area contributed by atoms with Crippen LogP contribution in [0.3, 0.4) is 0 Å². The van der Waals surface area contributed by atoms with E-state index >= 15 is 0 Å². The molecule has 0 fully saturated rings. The van der Waals surface area contributed by atoms with Crippen molar-refractivity contribution in [3.8, 4) is 23.0 Å². The number of aromatic nitrogens is 2. The van der Waals surface area contributed by atoms with Crippen molar-refractivity contribution in [2.75, 3.05) is 12.5 Å². The number of carbonyl (C=O) groups excluding carboxylic acids is 1. The zero-order valence-electron chi connectivity index (χ0n) is 15.0. The van der Waals surface area contributed by atoms with Gasteiger partial charge in [-0.15, -0.1) is 0 Å². The van der Waals surface area contributed by atoms with Gasteiger partial charge in [-0.3, -0.25) is 9.59 Å². The van der Waals surface area contributed by atoms with Gasteiger partial charge in [0.15, 0.2) is 17.3 Å². The third-order valence-electron chi connectivity index (χ3n) is 4.39. The summed E-state index contributed by atoms with van der Waals surface area (Å²) in [5.74, 6) is 1.39. The van der Waals surface area contributed by atoms with Gasteiger partial charge in [-0.25, -0.2) is 4.68 Å². The number of ether oxygens (including phenoxy) is 2. The van der Waals surface area contributed by atoms with E-state index in [9.17, 15) is 9.59 Å². The van der Waals surface area contributed by atoms with Crippen LogP contribution in [0.4, 0.5) is 5.69 Å². The second-order valence-corrected chi connectivity index (χ2v) is 6.29. The van der Waals surface area contributed by atoms with Gasteiger partial charge in [0.1, 0.15) is 17.4 Å². The first-order chi connectivity index (χ1) is 13.5. The van der Waals surface area contributed by atoms with Gasteiger partial charge in [-0.2, -0.15) is 5.10 Å². The number of carbonyl (C=O) groups is 1. The molecule has 1 atom stereocenters. The molecular formula is C19H18N4O5. The summed E-state index contributed by atoms with van der Waals surface area (Å²) in [7, 11) is 0. The predicted octanol–water partition coefficient (Wildman–Crippen LogP) is 1.69. The normalized spacial score (nSPS) is 13.3. The monoisotopic (exact) mass is 382 g/mol. The average Bonchev–Trinajstić information content (AvgIpc) is 3.39. The molecule has 9 nitrogen and oxygen atoms in total. The maximum absolute atomic E-state index is 12.6. The second kappa shape index (κ2) is 7.10. The fraction of sp³-hybridized carbons (Fsp3) is 0.211. The Morgan fingerprint density at radius 3 is 2.89 bits per heavy atom. The summed E-state index contributed by atoms with van der Waals surface area (Å²) in [6, 6.07) is 9.37. The molecule has 0 saturated carbocycles. The third-order valence-corrected chi connectivity index (χ3v) is 4.39. The van der Waals surface area contributed by atoms with Crippen LogP contribution in [0.2, 0.25) is 0 Å².